The summed E-state index contributed by atoms with van der Waals surface area (Å²) in [6, 6.07) is 14.2. The zero-order valence-electron chi connectivity index (χ0n) is 13.1. The number of halogens is 1. The van der Waals surface area contributed by atoms with Gasteiger partial charge in [0.2, 0.25) is 0 Å². The molecule has 0 N–H and O–H groups in total. The number of rotatable bonds is 3. The van der Waals surface area contributed by atoms with Crippen LogP contribution in [-0.2, 0) is 0 Å². The van der Waals surface area contributed by atoms with Crippen LogP contribution in [0.4, 0.5) is 0 Å². The zero-order valence-corrected chi connectivity index (χ0v) is 15.2. The van der Waals surface area contributed by atoms with Gasteiger partial charge in [-0.25, -0.2) is 0 Å². The summed E-state index contributed by atoms with van der Waals surface area (Å²) in [5.74, 6) is 0. The van der Waals surface area contributed by atoms with Crippen molar-refractivity contribution >= 4 is 22.6 Å². The number of benzene rings is 1. The summed E-state index contributed by atoms with van der Waals surface area (Å²) in [6.07, 6.45) is 5.89. The van der Waals surface area contributed by atoms with E-state index in [9.17, 15) is 0 Å². The Hall–Kier alpha value is -0.900. The maximum absolute atomic E-state index is 4.31. The van der Waals surface area contributed by atoms with Crippen LogP contribution in [0.2, 0.25) is 0 Å². The molecule has 1 nitrogen and oxygen atoms in total. The Morgan fingerprint density at radius 2 is 1.50 bits per heavy atom. The van der Waals surface area contributed by atoms with Gasteiger partial charge in [-0.1, -0.05) is 71.2 Å². The van der Waals surface area contributed by atoms with E-state index in [1.165, 1.54) is 28.4 Å². The number of unbranched alkanes of at least 4 members (excludes halogenated alkanes) is 2. The van der Waals surface area contributed by atoms with Crippen molar-refractivity contribution in [3.8, 4) is 11.3 Å². The summed E-state index contributed by atoms with van der Waals surface area (Å²) >= 11 is 2.32. The fourth-order valence-electron chi connectivity index (χ4n) is 1.54. The van der Waals surface area contributed by atoms with Crippen LogP contribution in [0.3, 0.4) is 0 Å². The van der Waals surface area contributed by atoms with Crippen molar-refractivity contribution in [1.82, 2.24) is 4.98 Å². The van der Waals surface area contributed by atoms with Crippen LogP contribution < -0.4 is 0 Å². The van der Waals surface area contributed by atoms with Crippen molar-refractivity contribution in [1.29, 1.82) is 0 Å². The average Bonchev–Trinajstić information content (AvgIpc) is 2.52. The van der Waals surface area contributed by atoms with E-state index in [4.69, 9.17) is 0 Å². The molecule has 20 heavy (non-hydrogen) atoms. The average molecular weight is 383 g/mol. The summed E-state index contributed by atoms with van der Waals surface area (Å²) in [7, 11) is 0. The van der Waals surface area contributed by atoms with Crippen LogP contribution in [0, 0.1) is 3.57 Å². The normalized spacial score (nSPS) is 8.85. The van der Waals surface area contributed by atoms with Gasteiger partial charge in [0.25, 0.3) is 0 Å². The lowest BCUT2D eigenvalue weighted by Crippen LogP contribution is -1.84. The van der Waals surface area contributed by atoms with E-state index >= 15 is 0 Å². The molecule has 1 aromatic heterocycles. The largest absolute Gasteiger partial charge is 0.256 e. The van der Waals surface area contributed by atoms with Crippen molar-refractivity contribution in [2.24, 2.45) is 0 Å². The summed E-state index contributed by atoms with van der Waals surface area (Å²) in [5.41, 5.74) is 2.23. The Kier molecular flexibility index (Phi) is 12.5. The smallest absolute Gasteiger partial charge is 0.0712 e. The summed E-state index contributed by atoms with van der Waals surface area (Å²) in [4.78, 5) is 4.31. The molecule has 1 heterocycles. The van der Waals surface area contributed by atoms with Gasteiger partial charge in [0.1, 0.15) is 0 Å². The molecule has 0 bridgehead atoms. The molecule has 0 radical (unpaired) electrons. The minimum Gasteiger partial charge on any atom is -0.256 e. The molecule has 0 atom stereocenters. The van der Waals surface area contributed by atoms with Crippen LogP contribution in [0.5, 0.6) is 0 Å². The Bertz CT molecular complexity index is 438. The highest BCUT2D eigenvalue weighted by Crippen LogP contribution is 2.22. The van der Waals surface area contributed by atoms with Gasteiger partial charge in [-0.05, 0) is 40.8 Å². The molecule has 2 heteroatoms. The van der Waals surface area contributed by atoms with Crippen LogP contribution in [0.15, 0.2) is 48.7 Å². The third-order valence-electron chi connectivity index (χ3n) is 2.52. The highest BCUT2D eigenvalue weighted by atomic mass is 127. The second-order valence-corrected chi connectivity index (χ2v) is 5.21. The quantitative estimate of drug-likeness (QED) is 0.546. The molecule has 0 amide bonds. The molecule has 2 rings (SSSR count). The first-order valence-electron chi connectivity index (χ1n) is 7.45. The first-order valence-corrected chi connectivity index (χ1v) is 8.53. The second kappa shape index (κ2) is 13.1. The second-order valence-electron chi connectivity index (χ2n) is 4.05. The van der Waals surface area contributed by atoms with Crippen molar-refractivity contribution < 1.29 is 0 Å². The molecule has 2 aromatic rings. The molecule has 0 aliphatic carbocycles. The maximum atomic E-state index is 4.31. The van der Waals surface area contributed by atoms with E-state index in [1.54, 1.807) is 0 Å². The Labute approximate surface area is 138 Å². The molecule has 1 aromatic carbocycles. The molecule has 0 aliphatic heterocycles. The first-order chi connectivity index (χ1) is 9.79. The number of pyridine rings is 1. The molecule has 0 saturated heterocycles. The minimum absolute atomic E-state index is 1.03. The lowest BCUT2D eigenvalue weighted by Gasteiger charge is -2.01. The standard InChI is InChI=1S/C11H8IN.C5H12.C2H6/c12-10-6-2-1-5-9(10)11-7-3-4-8-13-11;1-3-5-4-2;1-2/h1-8H;3-5H2,1-2H3;1-2H3. The number of hydrogen-bond donors (Lipinski definition) is 0. The Balaban J connectivity index is 0.000000441. The zero-order chi connectivity index (χ0) is 15.2. The predicted octanol–water partition coefficient (Wildman–Crippen LogP) is 6.58. The Morgan fingerprint density at radius 3 is 1.95 bits per heavy atom. The maximum Gasteiger partial charge on any atom is 0.0712 e. The lowest BCUT2D eigenvalue weighted by atomic mass is 10.1. The van der Waals surface area contributed by atoms with E-state index in [0.29, 0.717) is 0 Å². The fraction of sp³-hybridized carbons (Fsp3) is 0.389. The Morgan fingerprint density at radius 1 is 0.900 bits per heavy atom. The molecular weight excluding hydrogens is 357 g/mol. The van der Waals surface area contributed by atoms with Crippen LogP contribution >= 0.6 is 22.6 Å². The van der Waals surface area contributed by atoms with Crippen molar-refractivity contribution in [3.05, 3.63) is 52.2 Å². The highest BCUT2D eigenvalue weighted by Gasteiger charge is 2.00. The molecule has 0 aliphatic rings. The van der Waals surface area contributed by atoms with Crippen LogP contribution in [0.1, 0.15) is 47.0 Å². The summed E-state index contributed by atoms with van der Waals surface area (Å²) in [6.45, 7) is 8.42. The minimum atomic E-state index is 1.03. The molecule has 0 unspecified atom stereocenters. The monoisotopic (exact) mass is 383 g/mol. The van der Waals surface area contributed by atoms with Crippen molar-refractivity contribution in [3.63, 3.8) is 0 Å². The number of aromatic nitrogens is 1. The first kappa shape index (κ1) is 19.1. The molecule has 110 valence electrons. The summed E-state index contributed by atoms with van der Waals surface area (Å²) < 4.78 is 1.24. The summed E-state index contributed by atoms with van der Waals surface area (Å²) in [5, 5.41) is 0. The van der Waals surface area contributed by atoms with Crippen molar-refractivity contribution in [2.75, 3.05) is 0 Å². The van der Waals surface area contributed by atoms with Crippen molar-refractivity contribution in [2.45, 2.75) is 47.0 Å². The van der Waals surface area contributed by atoms with E-state index in [0.717, 1.165) is 5.69 Å². The van der Waals surface area contributed by atoms with Crippen LogP contribution in [0.25, 0.3) is 11.3 Å². The molecule has 0 fully saturated rings. The fourth-order valence-corrected chi connectivity index (χ4v) is 2.21. The van der Waals surface area contributed by atoms with Gasteiger partial charge in [0.15, 0.2) is 0 Å². The van der Waals surface area contributed by atoms with Gasteiger partial charge in [0.05, 0.1) is 5.69 Å². The third-order valence-corrected chi connectivity index (χ3v) is 3.46. The van der Waals surface area contributed by atoms with E-state index in [-0.39, 0.29) is 0 Å². The van der Waals surface area contributed by atoms with Gasteiger partial charge in [-0.15, -0.1) is 0 Å². The van der Waals surface area contributed by atoms with Gasteiger partial charge >= 0.3 is 0 Å². The van der Waals surface area contributed by atoms with Gasteiger partial charge in [0, 0.05) is 15.3 Å². The van der Waals surface area contributed by atoms with Gasteiger partial charge < -0.3 is 0 Å². The highest BCUT2D eigenvalue weighted by molar-refractivity contribution is 14.1. The molecule has 0 spiro atoms. The molecule has 0 saturated carbocycles. The van der Waals surface area contributed by atoms with Gasteiger partial charge in [-0.2, -0.15) is 0 Å². The number of nitrogens with zero attached hydrogens (tertiary/aromatic N) is 1. The van der Waals surface area contributed by atoms with Gasteiger partial charge in [-0.3, -0.25) is 4.98 Å². The third kappa shape index (κ3) is 7.63. The predicted molar refractivity (Wildman–Crippen MR) is 98.9 cm³/mol. The molecular formula is C18H26IN. The number of hydrogen-bond acceptors (Lipinski definition) is 1. The topological polar surface area (TPSA) is 12.9 Å². The van der Waals surface area contributed by atoms with Crippen LogP contribution in [-0.4, -0.2) is 4.98 Å². The SMILES string of the molecule is CC.CCCCC.Ic1ccccc1-c1ccccn1. The van der Waals surface area contributed by atoms with E-state index in [2.05, 4.69) is 53.6 Å². The van der Waals surface area contributed by atoms with E-state index < -0.39 is 0 Å². The lowest BCUT2D eigenvalue weighted by molar-refractivity contribution is 0.772. The van der Waals surface area contributed by atoms with E-state index in [1.807, 2.05) is 50.4 Å².